The summed E-state index contributed by atoms with van der Waals surface area (Å²) in [4.78, 5) is 0. The summed E-state index contributed by atoms with van der Waals surface area (Å²) in [5.41, 5.74) is 8.66. The van der Waals surface area contributed by atoms with E-state index in [1.807, 2.05) is 112 Å². The van der Waals surface area contributed by atoms with Gasteiger partial charge in [0.1, 0.15) is 11.4 Å². The molecule has 46 heavy (non-hydrogen) atoms. The molecule has 0 amide bonds. The summed E-state index contributed by atoms with van der Waals surface area (Å²) in [6.07, 6.45) is 5.95. The zero-order chi connectivity index (χ0) is 31.2. The number of aromatic nitrogens is 6. The lowest BCUT2D eigenvalue weighted by molar-refractivity contribution is -0.0299. The molecule has 0 saturated heterocycles. The zero-order valence-corrected chi connectivity index (χ0v) is 25.6. The molecule has 4 aromatic carbocycles. The lowest BCUT2D eigenvalue weighted by Crippen LogP contribution is -2.44. The van der Waals surface area contributed by atoms with E-state index < -0.39 is 5.60 Å². The minimum absolute atomic E-state index is 0.307. The molecule has 1 N–H and O–H groups in total. The second-order valence-electron chi connectivity index (χ2n) is 11.3. The van der Waals surface area contributed by atoms with Crippen molar-refractivity contribution in [1.29, 1.82) is 0 Å². The Labute approximate surface area is 268 Å². The van der Waals surface area contributed by atoms with E-state index in [0.29, 0.717) is 37.6 Å². The average molecular weight is 610 g/mol. The molecule has 3 heterocycles. The van der Waals surface area contributed by atoms with Gasteiger partial charge in [0.15, 0.2) is 0 Å². The van der Waals surface area contributed by atoms with E-state index in [4.69, 9.17) is 14.9 Å². The van der Waals surface area contributed by atoms with E-state index in [2.05, 4.69) is 70.7 Å². The number of benzene rings is 4. The van der Waals surface area contributed by atoms with Crippen molar-refractivity contribution >= 4 is 0 Å². The fourth-order valence-corrected chi connectivity index (χ4v) is 5.69. The van der Waals surface area contributed by atoms with Gasteiger partial charge in [-0.2, -0.15) is 0 Å². The second kappa shape index (κ2) is 13.2. The first-order valence-corrected chi connectivity index (χ1v) is 15.3. The number of hydrazine groups is 2. The Balaban J connectivity index is 1.33. The average Bonchev–Trinajstić information content (AvgIpc) is 3.85. The SMILES string of the molecule is CN1NN(Cc2ccccc2)C=C1C(OCc1ccccc1)(c1cn(Cc2ccccc2)nn1)c1cn(Cc2ccccc2)nn1. The van der Waals surface area contributed by atoms with E-state index in [1.165, 1.54) is 5.56 Å². The topological polar surface area (TPSA) is 89.2 Å². The molecular formula is C36H35N9O. The Bertz CT molecular complexity index is 1790. The largest absolute Gasteiger partial charge is 0.351 e. The van der Waals surface area contributed by atoms with Crippen molar-refractivity contribution in [1.82, 2.24) is 45.5 Å². The highest BCUT2D eigenvalue weighted by molar-refractivity contribution is 5.38. The van der Waals surface area contributed by atoms with Gasteiger partial charge >= 0.3 is 0 Å². The van der Waals surface area contributed by atoms with Gasteiger partial charge in [-0.1, -0.05) is 132 Å². The maximum absolute atomic E-state index is 7.06. The molecule has 0 spiro atoms. The molecule has 0 fully saturated rings. The molecule has 0 aliphatic carbocycles. The molecular weight excluding hydrogens is 574 g/mol. The van der Waals surface area contributed by atoms with Crippen molar-refractivity contribution < 1.29 is 4.74 Å². The highest BCUT2D eigenvalue weighted by Gasteiger charge is 2.49. The first-order chi connectivity index (χ1) is 22.7. The third-order valence-electron chi connectivity index (χ3n) is 7.95. The Morgan fingerprint density at radius 2 is 1.02 bits per heavy atom. The van der Waals surface area contributed by atoms with Crippen molar-refractivity contribution in [3.05, 3.63) is 179 Å². The minimum atomic E-state index is -1.26. The molecule has 7 rings (SSSR count). The highest BCUT2D eigenvalue weighted by atomic mass is 16.5. The maximum Gasteiger partial charge on any atom is 0.201 e. The third-order valence-corrected chi connectivity index (χ3v) is 7.95. The van der Waals surface area contributed by atoms with Crippen LogP contribution in [0.2, 0.25) is 0 Å². The van der Waals surface area contributed by atoms with Crippen LogP contribution in [0.5, 0.6) is 0 Å². The summed E-state index contributed by atoms with van der Waals surface area (Å²) < 4.78 is 10.7. The van der Waals surface area contributed by atoms with Gasteiger partial charge in [-0.3, -0.25) is 10.0 Å². The number of rotatable bonds is 12. The molecule has 0 atom stereocenters. The molecule has 230 valence electrons. The van der Waals surface area contributed by atoms with Gasteiger partial charge in [0, 0.05) is 13.2 Å². The lowest BCUT2D eigenvalue weighted by Gasteiger charge is -2.34. The van der Waals surface area contributed by atoms with Crippen LogP contribution in [0.1, 0.15) is 33.6 Å². The number of ether oxygens (including phenoxy) is 1. The number of hydrogen-bond donors (Lipinski definition) is 1. The predicted octanol–water partition coefficient (Wildman–Crippen LogP) is 5.14. The third kappa shape index (κ3) is 6.30. The van der Waals surface area contributed by atoms with Gasteiger partial charge in [0.25, 0.3) is 0 Å². The number of hydrogen-bond acceptors (Lipinski definition) is 8. The molecule has 1 aliphatic heterocycles. The second-order valence-corrected chi connectivity index (χ2v) is 11.3. The van der Waals surface area contributed by atoms with E-state index >= 15 is 0 Å². The molecule has 1 aliphatic rings. The molecule has 0 unspecified atom stereocenters. The van der Waals surface area contributed by atoms with Crippen LogP contribution in [0.3, 0.4) is 0 Å². The van der Waals surface area contributed by atoms with Gasteiger partial charge in [-0.05, 0) is 22.3 Å². The standard InChI is InChI=1S/C36H35N9O/c1-42-35(27-45(41-42)24-31-18-10-4-11-19-31)36(46-28-32-20-12-5-13-21-32,33-25-43(39-37-33)22-29-14-6-2-7-15-29)34-26-44(40-38-34)23-30-16-8-3-9-17-30/h2-21,25-27,41H,22-24,28H2,1H3. The Morgan fingerprint density at radius 3 is 1.50 bits per heavy atom. The normalized spacial score (nSPS) is 13.3. The van der Waals surface area contributed by atoms with E-state index in [0.717, 1.165) is 22.4 Å². The summed E-state index contributed by atoms with van der Waals surface area (Å²) in [5.74, 6) is 0. The first-order valence-electron chi connectivity index (χ1n) is 15.3. The van der Waals surface area contributed by atoms with Crippen molar-refractivity contribution in [2.75, 3.05) is 7.05 Å². The summed E-state index contributed by atoms with van der Waals surface area (Å²) >= 11 is 0. The van der Waals surface area contributed by atoms with Crippen LogP contribution in [0, 0.1) is 0 Å². The van der Waals surface area contributed by atoms with Crippen LogP contribution < -0.4 is 5.53 Å². The molecule has 0 bridgehead atoms. The Hall–Kier alpha value is -5.58. The fraction of sp³-hybridized carbons (Fsp3) is 0.167. The lowest BCUT2D eigenvalue weighted by atomic mass is 9.91. The maximum atomic E-state index is 7.06. The summed E-state index contributed by atoms with van der Waals surface area (Å²) in [6.45, 7) is 2.08. The number of nitrogens with one attached hydrogen (secondary N) is 1. The zero-order valence-electron chi connectivity index (χ0n) is 25.6. The summed E-state index contributed by atoms with van der Waals surface area (Å²) in [6, 6.07) is 40.9. The van der Waals surface area contributed by atoms with Gasteiger partial charge in [-0.15, -0.1) is 15.7 Å². The van der Waals surface area contributed by atoms with Gasteiger partial charge in [0.2, 0.25) is 5.60 Å². The predicted molar refractivity (Wildman–Crippen MR) is 174 cm³/mol. The van der Waals surface area contributed by atoms with Crippen molar-refractivity contribution in [3.8, 4) is 0 Å². The van der Waals surface area contributed by atoms with Crippen LogP contribution in [-0.4, -0.2) is 47.1 Å². The number of likely N-dealkylation sites (N-methyl/N-ethyl adjacent to an activating group) is 1. The smallest absolute Gasteiger partial charge is 0.201 e. The quantitative estimate of drug-likeness (QED) is 0.204. The minimum Gasteiger partial charge on any atom is -0.351 e. The fourth-order valence-electron chi connectivity index (χ4n) is 5.69. The van der Waals surface area contributed by atoms with Crippen LogP contribution in [0.15, 0.2) is 146 Å². The Morgan fingerprint density at radius 1 is 0.587 bits per heavy atom. The van der Waals surface area contributed by atoms with Crippen molar-refractivity contribution in [2.24, 2.45) is 0 Å². The van der Waals surface area contributed by atoms with Crippen molar-refractivity contribution in [3.63, 3.8) is 0 Å². The molecule has 2 aromatic heterocycles. The summed E-state index contributed by atoms with van der Waals surface area (Å²) in [5, 5.41) is 22.6. The van der Waals surface area contributed by atoms with Gasteiger partial charge in [-0.25, -0.2) is 9.36 Å². The first kappa shape index (κ1) is 29.1. The van der Waals surface area contributed by atoms with Crippen LogP contribution in [0.4, 0.5) is 0 Å². The monoisotopic (exact) mass is 609 g/mol. The van der Waals surface area contributed by atoms with Crippen LogP contribution in [-0.2, 0) is 36.6 Å². The summed E-state index contributed by atoms with van der Waals surface area (Å²) in [7, 11) is 1.97. The molecule has 10 nitrogen and oxygen atoms in total. The molecule has 6 aromatic rings. The Kier molecular flexibility index (Phi) is 8.36. The van der Waals surface area contributed by atoms with Crippen LogP contribution in [0.25, 0.3) is 0 Å². The highest BCUT2D eigenvalue weighted by Crippen LogP contribution is 2.42. The van der Waals surface area contributed by atoms with Crippen LogP contribution >= 0.6 is 0 Å². The molecule has 0 saturated carbocycles. The number of nitrogens with zero attached hydrogens (tertiary/aromatic N) is 8. The molecule has 10 heteroatoms. The van der Waals surface area contributed by atoms with Crippen molar-refractivity contribution in [2.45, 2.75) is 31.8 Å². The van der Waals surface area contributed by atoms with E-state index in [-0.39, 0.29) is 0 Å². The van der Waals surface area contributed by atoms with Gasteiger partial charge < -0.3 is 4.74 Å². The van der Waals surface area contributed by atoms with E-state index in [1.54, 1.807) is 0 Å². The van der Waals surface area contributed by atoms with E-state index in [9.17, 15) is 0 Å². The van der Waals surface area contributed by atoms with Gasteiger partial charge in [0.05, 0.1) is 44.3 Å². The molecule has 0 radical (unpaired) electrons.